The van der Waals surface area contributed by atoms with Crippen molar-refractivity contribution in [3.63, 3.8) is 0 Å². The van der Waals surface area contributed by atoms with E-state index in [1.165, 1.54) is 0 Å². The van der Waals surface area contributed by atoms with Crippen molar-refractivity contribution in [2.75, 3.05) is 32.8 Å². The Labute approximate surface area is 177 Å². The van der Waals surface area contributed by atoms with E-state index < -0.39 is 5.97 Å². The molecule has 2 N–H and O–H groups in total. The lowest BCUT2D eigenvalue weighted by molar-refractivity contribution is 0.0525. The van der Waals surface area contributed by atoms with Crippen molar-refractivity contribution in [2.24, 2.45) is 0 Å². The van der Waals surface area contributed by atoms with Crippen LogP contribution in [0.3, 0.4) is 0 Å². The van der Waals surface area contributed by atoms with Gasteiger partial charge in [-0.2, -0.15) is 0 Å². The van der Waals surface area contributed by atoms with Crippen LogP contribution >= 0.6 is 0 Å². The van der Waals surface area contributed by atoms with Crippen molar-refractivity contribution in [1.29, 1.82) is 0 Å². The van der Waals surface area contributed by atoms with Gasteiger partial charge >= 0.3 is 5.97 Å². The molecule has 1 aliphatic rings. The summed E-state index contributed by atoms with van der Waals surface area (Å²) in [6.07, 6.45) is 0. The molecular formula is C23H31N3O4. The fourth-order valence-corrected chi connectivity index (χ4v) is 4.10. The molecule has 1 fully saturated rings. The number of phenols is 1. The summed E-state index contributed by atoms with van der Waals surface area (Å²) < 4.78 is 5.13. The monoisotopic (exact) mass is 413 g/mol. The molecule has 1 aromatic carbocycles. The highest BCUT2D eigenvalue weighted by Crippen LogP contribution is 2.22. The zero-order chi connectivity index (χ0) is 21.8. The maximum Gasteiger partial charge on any atom is 0.340 e. The highest BCUT2D eigenvalue weighted by atomic mass is 16.5. The molecule has 7 heteroatoms. The third-order valence-corrected chi connectivity index (χ3v) is 5.81. The van der Waals surface area contributed by atoms with Gasteiger partial charge in [-0.05, 0) is 51.0 Å². The molecule has 0 bridgehead atoms. The van der Waals surface area contributed by atoms with Gasteiger partial charge in [-0.1, -0.05) is 12.1 Å². The maximum atomic E-state index is 13.2. The molecule has 162 valence electrons. The lowest BCUT2D eigenvalue weighted by Crippen LogP contribution is -2.51. The quantitative estimate of drug-likeness (QED) is 0.536. The molecule has 2 heterocycles. The summed E-state index contributed by atoms with van der Waals surface area (Å²) in [7, 11) is 0. The number of benzene rings is 1. The number of nitrogens with one attached hydrogen (secondary N) is 1. The normalized spacial score (nSPS) is 16.4. The molecule has 1 saturated heterocycles. The molecule has 2 aromatic rings. The Hall–Kier alpha value is -2.64. The second-order valence-corrected chi connectivity index (χ2v) is 7.87. The Morgan fingerprint density at radius 1 is 1.20 bits per heavy atom. The summed E-state index contributed by atoms with van der Waals surface area (Å²) in [6, 6.07) is 7.05. The third-order valence-electron chi connectivity index (χ3n) is 5.81. The first-order valence-electron chi connectivity index (χ1n) is 10.5. The minimum Gasteiger partial charge on any atom is -0.508 e. The number of ether oxygens (including phenoxy) is 1. The molecule has 1 atom stereocenters. The van der Waals surface area contributed by atoms with Crippen LogP contribution in [0.15, 0.2) is 24.3 Å². The van der Waals surface area contributed by atoms with Crippen LogP contribution in [0, 0.1) is 13.8 Å². The predicted octanol–water partition coefficient (Wildman–Crippen LogP) is 2.90. The summed E-state index contributed by atoms with van der Waals surface area (Å²) in [5.74, 6) is -0.118. The summed E-state index contributed by atoms with van der Waals surface area (Å²) in [4.78, 5) is 33.0. The van der Waals surface area contributed by atoms with Gasteiger partial charge in [0.15, 0.2) is 5.78 Å². The smallest absolute Gasteiger partial charge is 0.340 e. The highest BCUT2D eigenvalue weighted by Gasteiger charge is 2.30. The number of carbonyl (C=O) groups is 2. The van der Waals surface area contributed by atoms with E-state index in [4.69, 9.17) is 4.74 Å². The van der Waals surface area contributed by atoms with E-state index in [1.54, 1.807) is 32.9 Å². The number of Topliss-reactive ketones (excluding diaryl/α,β-unsaturated/α-hetero) is 1. The number of phenolic OH excluding ortho intramolecular Hbond substituents is 1. The lowest BCUT2D eigenvalue weighted by atomic mass is 10.0. The highest BCUT2D eigenvalue weighted by molar-refractivity contribution is 6.03. The minimum atomic E-state index is -0.393. The second-order valence-electron chi connectivity index (χ2n) is 7.87. The van der Waals surface area contributed by atoms with Crippen molar-refractivity contribution >= 4 is 11.8 Å². The first-order chi connectivity index (χ1) is 14.3. The number of hydrogen-bond donors (Lipinski definition) is 2. The molecule has 0 radical (unpaired) electrons. The Bertz CT molecular complexity index is 913. The standard InChI is InChI=1S/C23H31N3O4/c1-5-30-23(29)20-15(2)21(24-16(20)3)22(28)17(4)26-11-9-25(10-12-26)14-18-7-6-8-19(27)13-18/h6-8,13,17,24,27H,5,9-12,14H2,1-4H3. The van der Waals surface area contributed by atoms with E-state index in [1.807, 2.05) is 19.1 Å². The number of aromatic nitrogens is 1. The molecule has 7 nitrogen and oxygen atoms in total. The predicted molar refractivity (Wildman–Crippen MR) is 115 cm³/mol. The first kappa shape index (κ1) is 22.1. The molecule has 1 unspecified atom stereocenters. The largest absolute Gasteiger partial charge is 0.508 e. The number of carbonyl (C=O) groups excluding carboxylic acids is 2. The van der Waals surface area contributed by atoms with Crippen molar-refractivity contribution in [2.45, 2.75) is 40.3 Å². The summed E-state index contributed by atoms with van der Waals surface area (Å²) in [5.41, 5.74) is 3.35. The van der Waals surface area contributed by atoms with Gasteiger partial charge in [0.2, 0.25) is 0 Å². The number of hydrogen-bond acceptors (Lipinski definition) is 6. The Morgan fingerprint density at radius 2 is 1.90 bits per heavy atom. The Balaban J connectivity index is 1.62. The fraction of sp³-hybridized carbons (Fsp3) is 0.478. The van der Waals surface area contributed by atoms with Crippen molar-refractivity contribution in [1.82, 2.24) is 14.8 Å². The zero-order valence-electron chi connectivity index (χ0n) is 18.2. The molecule has 0 saturated carbocycles. The Morgan fingerprint density at radius 3 is 2.53 bits per heavy atom. The number of nitrogens with zero attached hydrogens (tertiary/aromatic N) is 2. The van der Waals surface area contributed by atoms with Crippen molar-refractivity contribution in [3.8, 4) is 5.75 Å². The van der Waals surface area contributed by atoms with Crippen LogP contribution in [-0.2, 0) is 11.3 Å². The van der Waals surface area contributed by atoms with E-state index in [0.717, 1.165) is 38.3 Å². The molecular weight excluding hydrogens is 382 g/mol. The van der Waals surface area contributed by atoms with Gasteiger partial charge < -0.3 is 14.8 Å². The molecule has 1 aromatic heterocycles. The number of esters is 1. The number of aryl methyl sites for hydroxylation is 1. The maximum absolute atomic E-state index is 13.2. The van der Waals surface area contributed by atoms with Crippen molar-refractivity contribution in [3.05, 3.63) is 52.3 Å². The molecule has 0 aliphatic carbocycles. The average Bonchev–Trinajstić information content (AvgIpc) is 3.02. The SMILES string of the molecule is CCOC(=O)c1c(C)[nH]c(C(=O)C(C)N2CCN(Cc3cccc(O)c3)CC2)c1C. The summed E-state index contributed by atoms with van der Waals surface area (Å²) in [5, 5.41) is 9.64. The zero-order valence-corrected chi connectivity index (χ0v) is 18.2. The minimum absolute atomic E-state index is 0.00687. The van der Waals surface area contributed by atoms with Crippen LogP contribution < -0.4 is 0 Å². The van der Waals surface area contributed by atoms with Gasteiger partial charge in [0.05, 0.1) is 23.9 Å². The number of piperazine rings is 1. The van der Waals surface area contributed by atoms with E-state index in [9.17, 15) is 14.7 Å². The Kier molecular flexibility index (Phi) is 6.95. The topological polar surface area (TPSA) is 85.9 Å². The number of H-pyrrole nitrogens is 1. The molecule has 3 rings (SSSR count). The van der Waals surface area contributed by atoms with Gasteiger partial charge in [0.1, 0.15) is 5.75 Å². The van der Waals surface area contributed by atoms with E-state index >= 15 is 0 Å². The van der Waals surface area contributed by atoms with E-state index in [2.05, 4.69) is 14.8 Å². The van der Waals surface area contributed by atoms with Crippen LogP contribution in [0.1, 0.15) is 51.5 Å². The van der Waals surface area contributed by atoms with Crippen LogP contribution in [0.5, 0.6) is 5.75 Å². The number of rotatable bonds is 7. The number of aromatic hydroxyl groups is 1. The van der Waals surface area contributed by atoms with Crippen LogP contribution in [0.4, 0.5) is 0 Å². The van der Waals surface area contributed by atoms with Crippen LogP contribution in [-0.4, -0.2) is 70.5 Å². The first-order valence-corrected chi connectivity index (χ1v) is 10.5. The van der Waals surface area contributed by atoms with Crippen molar-refractivity contribution < 1.29 is 19.4 Å². The van der Waals surface area contributed by atoms with Gasteiger partial charge in [0.25, 0.3) is 0 Å². The van der Waals surface area contributed by atoms with Gasteiger partial charge in [0, 0.05) is 38.4 Å². The molecule has 1 aliphatic heterocycles. The van der Waals surface area contributed by atoms with E-state index in [0.29, 0.717) is 29.1 Å². The van der Waals surface area contributed by atoms with Gasteiger partial charge in [-0.3, -0.25) is 14.6 Å². The van der Waals surface area contributed by atoms with Crippen LogP contribution in [0.25, 0.3) is 0 Å². The van der Waals surface area contributed by atoms with E-state index in [-0.39, 0.29) is 17.6 Å². The molecule has 30 heavy (non-hydrogen) atoms. The fourth-order valence-electron chi connectivity index (χ4n) is 4.10. The number of ketones is 1. The molecule has 0 amide bonds. The second kappa shape index (κ2) is 9.45. The van der Waals surface area contributed by atoms with Crippen LogP contribution in [0.2, 0.25) is 0 Å². The third kappa shape index (κ3) is 4.74. The summed E-state index contributed by atoms with van der Waals surface area (Å²) in [6.45, 7) is 11.6. The summed E-state index contributed by atoms with van der Waals surface area (Å²) >= 11 is 0. The number of aromatic amines is 1. The lowest BCUT2D eigenvalue weighted by Gasteiger charge is -2.37. The van der Waals surface area contributed by atoms with Gasteiger partial charge in [-0.25, -0.2) is 4.79 Å². The molecule has 0 spiro atoms. The average molecular weight is 414 g/mol. The van der Waals surface area contributed by atoms with Gasteiger partial charge in [-0.15, -0.1) is 0 Å².